The summed E-state index contributed by atoms with van der Waals surface area (Å²) in [4.78, 5) is 17.9. The molecule has 0 spiro atoms. The summed E-state index contributed by atoms with van der Waals surface area (Å²) in [6.45, 7) is 17.1. The van der Waals surface area contributed by atoms with Crippen molar-refractivity contribution in [1.82, 2.24) is 4.98 Å². The summed E-state index contributed by atoms with van der Waals surface area (Å²) in [6.07, 6.45) is 7.87. The Morgan fingerprint density at radius 2 is 1.47 bits per heavy atom. The van der Waals surface area contributed by atoms with Gasteiger partial charge in [0.25, 0.3) is 0 Å². The van der Waals surface area contributed by atoms with E-state index in [2.05, 4.69) is 82.3 Å². The van der Waals surface area contributed by atoms with Crippen molar-refractivity contribution in [2.24, 2.45) is 17.3 Å². The molecule has 4 aromatic carbocycles. The summed E-state index contributed by atoms with van der Waals surface area (Å²) < 4.78 is 13.8. The van der Waals surface area contributed by atoms with Crippen LogP contribution < -0.4 is 0 Å². The smallest absolute Gasteiger partial charge is 0.162 e. The van der Waals surface area contributed by atoms with Crippen LogP contribution in [0.1, 0.15) is 85.3 Å². The van der Waals surface area contributed by atoms with Crippen molar-refractivity contribution < 1.29 is 38.8 Å². The number of furan rings is 2. The van der Waals surface area contributed by atoms with E-state index in [0.717, 1.165) is 91.9 Å². The Kier molecular flexibility index (Phi) is 12.9. The van der Waals surface area contributed by atoms with E-state index >= 15 is 0 Å². The van der Waals surface area contributed by atoms with Crippen LogP contribution in [0.3, 0.4) is 0 Å². The largest absolute Gasteiger partial charge is 0.512 e. The Hall–Kier alpha value is -4.55. The molecule has 297 valence electrons. The monoisotopic (exact) mass is 955 g/mol. The number of pyridine rings is 1. The van der Waals surface area contributed by atoms with Crippen molar-refractivity contribution >= 4 is 71.1 Å². The molecule has 4 aromatic heterocycles. The standard InChI is InChI=1S/C37H28NO2S.C13H24O2.Ir/c1-21-24-16-17-38-33(36(24)41-35(21)23-14-12-22(13-15-23)20-37(2,3)4)27-10-7-9-26-29-18-28-25-8-5-6-11-30(25)39-31(28)19-32(29)40-34(26)27;1-5-10(6-2)12(14)9-13(15)11(7-3)8-4;/h5-9,11-19H,20H2,1-4H3;9-11,14H,5-8H2,1-4H3;/q-1;;/b;12-9-;. The van der Waals surface area contributed by atoms with Crippen LogP contribution in [0, 0.1) is 30.2 Å². The molecular formula is C50H52IrNO4S-. The Morgan fingerprint density at radius 3 is 2.16 bits per heavy atom. The van der Waals surface area contributed by atoms with E-state index in [4.69, 9.17) is 13.8 Å². The fourth-order valence-corrected chi connectivity index (χ4v) is 9.21. The van der Waals surface area contributed by atoms with Gasteiger partial charge < -0.3 is 18.9 Å². The molecule has 0 bridgehead atoms. The number of aromatic nitrogens is 1. The third-order valence-electron chi connectivity index (χ3n) is 11.1. The van der Waals surface area contributed by atoms with Gasteiger partial charge in [-0.2, -0.15) is 0 Å². The Bertz CT molecular complexity index is 2700. The summed E-state index contributed by atoms with van der Waals surface area (Å²) in [7, 11) is 0. The van der Waals surface area contributed by atoms with Gasteiger partial charge >= 0.3 is 0 Å². The zero-order valence-corrected chi connectivity index (χ0v) is 37.4. The number of thiophene rings is 1. The van der Waals surface area contributed by atoms with Crippen LogP contribution in [0.5, 0.6) is 0 Å². The number of fused-ring (bicyclic) bond motifs is 7. The molecule has 1 radical (unpaired) electrons. The van der Waals surface area contributed by atoms with Crippen LogP contribution >= 0.6 is 11.3 Å². The van der Waals surface area contributed by atoms with Crippen molar-refractivity contribution in [3.8, 4) is 21.7 Å². The average molecular weight is 955 g/mol. The number of hydrogen-bond acceptors (Lipinski definition) is 6. The van der Waals surface area contributed by atoms with Gasteiger partial charge in [0.1, 0.15) is 16.7 Å². The summed E-state index contributed by atoms with van der Waals surface area (Å²) in [5.41, 5.74) is 9.28. The minimum Gasteiger partial charge on any atom is -0.512 e. The first-order valence-electron chi connectivity index (χ1n) is 20.0. The van der Waals surface area contributed by atoms with Gasteiger partial charge in [0.15, 0.2) is 5.78 Å². The van der Waals surface area contributed by atoms with Gasteiger partial charge in [0.2, 0.25) is 0 Å². The molecule has 0 aliphatic heterocycles. The number of aliphatic hydroxyl groups excluding tert-OH is 1. The molecular weight excluding hydrogens is 903 g/mol. The van der Waals surface area contributed by atoms with Crippen LogP contribution in [0.15, 0.2) is 106 Å². The summed E-state index contributed by atoms with van der Waals surface area (Å²) in [5, 5.41) is 15.3. The predicted octanol–water partition coefficient (Wildman–Crippen LogP) is 15.0. The van der Waals surface area contributed by atoms with Gasteiger partial charge in [-0.15, -0.1) is 29.5 Å². The maximum Gasteiger partial charge on any atom is 0.162 e. The molecule has 8 aromatic rings. The topological polar surface area (TPSA) is 76.5 Å². The van der Waals surface area contributed by atoms with E-state index in [1.54, 1.807) is 11.3 Å². The number of benzene rings is 4. The average Bonchev–Trinajstić information content (AvgIpc) is 3.85. The molecule has 0 aliphatic rings. The maximum absolute atomic E-state index is 11.7. The molecule has 0 saturated carbocycles. The Morgan fingerprint density at radius 1 is 0.807 bits per heavy atom. The number of ketones is 1. The number of aryl methyl sites for hydroxylation is 1. The van der Waals surface area contributed by atoms with E-state index in [9.17, 15) is 9.90 Å². The number of para-hydroxylation sites is 1. The van der Waals surface area contributed by atoms with Crippen molar-refractivity contribution in [3.63, 3.8) is 0 Å². The first kappa shape index (κ1) is 42.1. The summed E-state index contributed by atoms with van der Waals surface area (Å²) in [5.74, 6) is 0.547. The van der Waals surface area contributed by atoms with E-state index in [-0.39, 0.29) is 48.9 Å². The van der Waals surface area contributed by atoms with E-state index in [1.807, 2.05) is 64.2 Å². The molecule has 0 unspecified atom stereocenters. The number of carbonyl (C=O) groups is 1. The number of aliphatic hydroxyl groups is 1. The van der Waals surface area contributed by atoms with E-state index < -0.39 is 0 Å². The normalized spacial score (nSPS) is 12.3. The van der Waals surface area contributed by atoms with Crippen molar-refractivity contribution in [3.05, 3.63) is 114 Å². The number of allylic oxidation sites excluding steroid dienone is 2. The minimum absolute atomic E-state index is 0. The van der Waals surface area contributed by atoms with Crippen LogP contribution in [0.2, 0.25) is 0 Å². The molecule has 8 rings (SSSR count). The molecule has 7 heteroatoms. The van der Waals surface area contributed by atoms with Gasteiger partial charge in [0, 0.05) is 81.7 Å². The van der Waals surface area contributed by atoms with Gasteiger partial charge in [-0.05, 0) is 84.7 Å². The number of carbonyl (C=O) groups excluding carboxylic acids is 1. The second kappa shape index (κ2) is 17.5. The molecule has 0 atom stereocenters. The molecule has 57 heavy (non-hydrogen) atoms. The first-order chi connectivity index (χ1) is 26.9. The second-order valence-corrected chi connectivity index (χ2v) is 17.2. The van der Waals surface area contributed by atoms with E-state index in [0.29, 0.717) is 0 Å². The minimum atomic E-state index is 0. The van der Waals surface area contributed by atoms with Gasteiger partial charge in [-0.3, -0.25) is 4.79 Å². The van der Waals surface area contributed by atoms with Gasteiger partial charge in [0.05, 0.1) is 11.3 Å². The third-order valence-corrected chi connectivity index (χ3v) is 12.4. The van der Waals surface area contributed by atoms with Crippen molar-refractivity contribution in [1.29, 1.82) is 0 Å². The molecule has 4 heterocycles. The molecule has 0 amide bonds. The molecule has 5 nitrogen and oxygen atoms in total. The first-order valence-corrected chi connectivity index (χ1v) is 20.9. The number of rotatable bonds is 10. The van der Waals surface area contributed by atoms with Gasteiger partial charge in [-0.1, -0.05) is 102 Å². The zero-order chi connectivity index (χ0) is 39.7. The second-order valence-electron chi connectivity index (χ2n) is 16.2. The molecule has 0 saturated heterocycles. The van der Waals surface area contributed by atoms with Crippen molar-refractivity contribution in [2.45, 2.75) is 87.5 Å². The SMILES string of the molecule is CCC(CC)C(=O)/C=C(\O)C(CC)CC.Cc1c(-c2ccc(CC(C)(C)C)cc2)sc2c(-c3[c-]ccc4c3oc3cc5oc6ccccc6c5cc34)nccc12.[Ir]. The Balaban J connectivity index is 0.000000295. The van der Waals surface area contributed by atoms with Crippen LogP contribution in [-0.4, -0.2) is 15.9 Å². The molecule has 1 N–H and O–H groups in total. The summed E-state index contributed by atoms with van der Waals surface area (Å²) >= 11 is 1.80. The van der Waals surface area contributed by atoms with Crippen molar-refractivity contribution in [2.75, 3.05) is 0 Å². The number of nitrogens with zero attached hydrogens (tertiary/aromatic N) is 1. The molecule has 0 aliphatic carbocycles. The summed E-state index contributed by atoms with van der Waals surface area (Å²) in [6, 6.07) is 31.1. The van der Waals surface area contributed by atoms with Crippen LogP contribution in [0.4, 0.5) is 0 Å². The fraction of sp³-hybridized carbons (Fsp3) is 0.320. The van der Waals surface area contributed by atoms with E-state index in [1.165, 1.54) is 33.0 Å². The molecule has 0 fully saturated rings. The predicted molar refractivity (Wildman–Crippen MR) is 236 cm³/mol. The quantitative estimate of drug-likeness (QED) is 0.0840. The van der Waals surface area contributed by atoms with Crippen LogP contribution in [-0.2, 0) is 31.3 Å². The Labute approximate surface area is 353 Å². The fourth-order valence-electron chi connectivity index (χ4n) is 7.90. The maximum atomic E-state index is 11.7. The number of hydrogen-bond donors (Lipinski definition) is 1. The van der Waals surface area contributed by atoms with Crippen LogP contribution in [0.25, 0.3) is 75.7 Å². The zero-order valence-electron chi connectivity index (χ0n) is 34.2. The van der Waals surface area contributed by atoms with Gasteiger partial charge in [-0.25, -0.2) is 0 Å². The third kappa shape index (κ3) is 8.53.